The van der Waals surface area contributed by atoms with Gasteiger partial charge in [-0.3, -0.25) is 0 Å². The number of aliphatic hydroxyl groups is 1. The summed E-state index contributed by atoms with van der Waals surface area (Å²) in [5, 5.41) is 8.81. The van der Waals surface area contributed by atoms with Crippen LogP contribution >= 0.6 is 0 Å². The summed E-state index contributed by atoms with van der Waals surface area (Å²) in [4.78, 5) is 22.4. The van der Waals surface area contributed by atoms with Crippen LogP contribution in [0.15, 0.2) is 12.2 Å². The van der Waals surface area contributed by atoms with E-state index in [1.165, 1.54) is 6.92 Å². The maximum Gasteiger partial charge on any atom is 0.437 e. The highest BCUT2D eigenvalue weighted by Gasteiger charge is 2.76. The number of carbonyl (C=O) groups is 2. The molecule has 0 bridgehead atoms. The molecule has 0 heterocycles. The molecule has 11 heteroatoms. The first-order valence-electron chi connectivity index (χ1n) is 5.99. The summed E-state index contributed by atoms with van der Waals surface area (Å²) < 4.78 is 83.3. The normalized spacial score (nSPS) is 15.6. The van der Waals surface area contributed by atoms with E-state index in [-0.39, 0.29) is 5.57 Å². The van der Waals surface area contributed by atoms with Gasteiger partial charge >= 0.3 is 29.9 Å². The van der Waals surface area contributed by atoms with E-state index >= 15 is 0 Å². The fraction of sp³-hybridized carbons (Fsp3) is 0.667. The minimum absolute atomic E-state index is 0.0857. The monoisotopic (exact) mass is 352 g/mol. The van der Waals surface area contributed by atoms with Gasteiger partial charge in [0.1, 0.15) is 12.2 Å². The fourth-order valence-corrected chi connectivity index (χ4v) is 1.11. The van der Waals surface area contributed by atoms with Gasteiger partial charge in [-0.25, -0.2) is 9.59 Å². The number of rotatable bonds is 5. The van der Waals surface area contributed by atoms with E-state index in [0.29, 0.717) is 0 Å². The molecule has 0 saturated carbocycles. The minimum atomic E-state index is -6.35. The van der Waals surface area contributed by atoms with Crippen LogP contribution in [0.3, 0.4) is 0 Å². The Balaban J connectivity index is 5.23. The summed E-state index contributed by atoms with van der Waals surface area (Å²) in [6.45, 7) is 6.42. The van der Waals surface area contributed by atoms with Gasteiger partial charge in [0.15, 0.2) is 0 Å². The zero-order valence-electron chi connectivity index (χ0n) is 12.2. The zero-order valence-corrected chi connectivity index (χ0v) is 12.2. The van der Waals surface area contributed by atoms with Crippen LogP contribution in [-0.4, -0.2) is 47.2 Å². The highest BCUT2D eigenvalue weighted by Crippen LogP contribution is 2.44. The van der Waals surface area contributed by atoms with Crippen molar-refractivity contribution in [2.24, 2.45) is 0 Å². The van der Waals surface area contributed by atoms with E-state index < -0.39 is 42.1 Å². The predicted octanol–water partition coefficient (Wildman–Crippen LogP) is 2.28. The summed E-state index contributed by atoms with van der Waals surface area (Å²) in [6, 6.07) is 0. The molecule has 2 atom stereocenters. The van der Waals surface area contributed by atoms with Crippen LogP contribution in [0, 0.1) is 0 Å². The van der Waals surface area contributed by atoms with Crippen molar-refractivity contribution in [3.05, 3.63) is 12.2 Å². The summed E-state index contributed by atoms with van der Waals surface area (Å²) >= 11 is 0. The summed E-state index contributed by atoms with van der Waals surface area (Å²) in [6.07, 6.45) is -15.8. The molecule has 2 unspecified atom stereocenters. The Bertz CT molecular complexity index is 467. The topological polar surface area (TPSA) is 72.8 Å². The van der Waals surface area contributed by atoms with Gasteiger partial charge in [-0.1, -0.05) is 6.58 Å². The molecule has 134 valence electrons. The van der Waals surface area contributed by atoms with E-state index in [9.17, 15) is 35.9 Å². The van der Waals surface area contributed by atoms with Crippen LogP contribution in [0.25, 0.3) is 0 Å². The summed E-state index contributed by atoms with van der Waals surface area (Å²) in [5.41, 5.74) is -5.77. The zero-order chi connectivity index (χ0) is 18.8. The second-order valence-electron chi connectivity index (χ2n) is 4.71. The quantitative estimate of drug-likeness (QED) is 0.467. The molecule has 23 heavy (non-hydrogen) atoms. The van der Waals surface area contributed by atoms with Crippen molar-refractivity contribution < 1.29 is 50.5 Å². The molecule has 1 N–H and O–H groups in total. The molecule has 0 aliphatic carbocycles. The predicted molar refractivity (Wildman–Crippen MR) is 63.0 cm³/mol. The molecule has 0 aromatic rings. The number of esters is 2. The van der Waals surface area contributed by atoms with Crippen LogP contribution < -0.4 is 0 Å². The van der Waals surface area contributed by atoms with Crippen molar-refractivity contribution in [2.45, 2.75) is 50.9 Å². The highest BCUT2D eigenvalue weighted by atomic mass is 19.4. The SMILES string of the molecule is C=C(C)C(=O)OC(C)C(C)OC(=O)C(O)(C(F)(F)F)C(F)(F)F. The van der Waals surface area contributed by atoms with Crippen LogP contribution in [0.1, 0.15) is 20.8 Å². The molecule has 0 fully saturated rings. The van der Waals surface area contributed by atoms with Gasteiger partial charge in [0.2, 0.25) is 0 Å². The lowest BCUT2D eigenvalue weighted by molar-refractivity contribution is -0.358. The Labute approximate surface area is 126 Å². The third-order valence-electron chi connectivity index (χ3n) is 2.71. The Morgan fingerprint density at radius 1 is 0.957 bits per heavy atom. The smallest absolute Gasteiger partial charge is 0.437 e. The fourth-order valence-electron chi connectivity index (χ4n) is 1.11. The Morgan fingerprint density at radius 3 is 1.61 bits per heavy atom. The average molecular weight is 352 g/mol. The highest BCUT2D eigenvalue weighted by molar-refractivity contribution is 5.87. The average Bonchev–Trinajstić information content (AvgIpc) is 2.34. The Hall–Kier alpha value is -1.78. The van der Waals surface area contributed by atoms with Crippen molar-refractivity contribution in [2.75, 3.05) is 0 Å². The van der Waals surface area contributed by atoms with E-state index in [1.54, 1.807) is 0 Å². The van der Waals surface area contributed by atoms with Gasteiger partial charge in [0.05, 0.1) is 0 Å². The Kier molecular flexibility index (Phi) is 6.24. The third kappa shape index (κ3) is 4.60. The number of hydrogen-bond acceptors (Lipinski definition) is 5. The first-order chi connectivity index (χ1) is 10.1. The van der Waals surface area contributed by atoms with Crippen LogP contribution in [0.4, 0.5) is 26.3 Å². The molecule has 0 aliphatic rings. The van der Waals surface area contributed by atoms with Gasteiger partial charge in [0.25, 0.3) is 0 Å². The van der Waals surface area contributed by atoms with E-state index in [4.69, 9.17) is 5.11 Å². The molecule has 0 aromatic heterocycles. The second-order valence-corrected chi connectivity index (χ2v) is 4.71. The number of ether oxygens (including phenoxy) is 2. The number of carbonyl (C=O) groups excluding carboxylic acids is 2. The maximum atomic E-state index is 12.5. The largest absolute Gasteiger partial charge is 0.456 e. The molecule has 0 aromatic carbocycles. The van der Waals surface area contributed by atoms with E-state index in [2.05, 4.69) is 16.1 Å². The van der Waals surface area contributed by atoms with Gasteiger partial charge in [-0.2, -0.15) is 26.3 Å². The van der Waals surface area contributed by atoms with Crippen molar-refractivity contribution >= 4 is 11.9 Å². The Morgan fingerprint density at radius 2 is 1.30 bits per heavy atom. The van der Waals surface area contributed by atoms with Gasteiger partial charge in [-0.05, 0) is 20.8 Å². The van der Waals surface area contributed by atoms with E-state index in [0.717, 1.165) is 13.8 Å². The molecule has 0 amide bonds. The maximum absolute atomic E-state index is 12.5. The number of alkyl halides is 6. The summed E-state index contributed by atoms with van der Waals surface area (Å²) in [7, 11) is 0. The van der Waals surface area contributed by atoms with Gasteiger partial charge < -0.3 is 14.6 Å². The van der Waals surface area contributed by atoms with Crippen LogP contribution in [0.2, 0.25) is 0 Å². The number of hydrogen-bond donors (Lipinski definition) is 1. The standard InChI is InChI=1S/C12H14F6O5/c1-5(2)8(19)22-6(3)7(4)23-9(20)10(21,11(13,14)15)12(16,17)18/h6-7,21H,1H2,2-4H3. The van der Waals surface area contributed by atoms with Gasteiger partial charge in [0, 0.05) is 5.57 Å². The molecule has 0 saturated heterocycles. The lowest BCUT2D eigenvalue weighted by atomic mass is 10.0. The molecular weight excluding hydrogens is 338 g/mol. The molecule has 0 rings (SSSR count). The molecule has 5 nitrogen and oxygen atoms in total. The minimum Gasteiger partial charge on any atom is -0.456 e. The van der Waals surface area contributed by atoms with Crippen molar-refractivity contribution in [3.63, 3.8) is 0 Å². The van der Waals surface area contributed by atoms with Crippen LogP contribution in [-0.2, 0) is 19.1 Å². The lowest BCUT2D eigenvalue weighted by Gasteiger charge is -2.31. The first kappa shape index (κ1) is 21.2. The molecule has 0 aliphatic heterocycles. The lowest BCUT2D eigenvalue weighted by Crippen LogP contribution is -2.63. The molecule has 0 spiro atoms. The van der Waals surface area contributed by atoms with Crippen molar-refractivity contribution in [1.82, 2.24) is 0 Å². The summed E-state index contributed by atoms with van der Waals surface area (Å²) in [5.74, 6) is -3.95. The molecule has 0 radical (unpaired) electrons. The van der Waals surface area contributed by atoms with E-state index in [1.807, 2.05) is 0 Å². The molecular formula is C12H14F6O5. The van der Waals surface area contributed by atoms with Crippen molar-refractivity contribution in [3.8, 4) is 0 Å². The van der Waals surface area contributed by atoms with Crippen LogP contribution in [0.5, 0.6) is 0 Å². The number of halogens is 6. The van der Waals surface area contributed by atoms with Crippen molar-refractivity contribution in [1.29, 1.82) is 0 Å². The van der Waals surface area contributed by atoms with Gasteiger partial charge in [-0.15, -0.1) is 0 Å². The third-order valence-corrected chi connectivity index (χ3v) is 2.71. The second kappa shape index (κ2) is 6.77. The first-order valence-corrected chi connectivity index (χ1v) is 5.99.